The van der Waals surface area contributed by atoms with Crippen molar-refractivity contribution in [1.82, 2.24) is 0 Å². The van der Waals surface area contributed by atoms with E-state index in [2.05, 4.69) is 43.6 Å². The molecule has 1 N–H and O–H groups in total. The summed E-state index contributed by atoms with van der Waals surface area (Å²) in [6.07, 6.45) is 0.0946. The Bertz CT molecular complexity index is 433. The predicted molar refractivity (Wildman–Crippen MR) is 74.9 cm³/mol. The lowest BCUT2D eigenvalue weighted by atomic mass is 9.99. The molecule has 1 fully saturated rings. The normalized spacial score (nSPS) is 22.8. The number of aliphatic hydroxyl groups is 1. The summed E-state index contributed by atoms with van der Waals surface area (Å²) in [7, 11) is 0. The molecule has 0 saturated heterocycles. The van der Waals surface area contributed by atoms with Gasteiger partial charge >= 0.3 is 0 Å². The van der Waals surface area contributed by atoms with Crippen molar-refractivity contribution in [3.8, 4) is 0 Å². The van der Waals surface area contributed by atoms with E-state index in [-0.39, 0.29) is 22.6 Å². The van der Waals surface area contributed by atoms with E-state index >= 15 is 0 Å². The zero-order valence-corrected chi connectivity index (χ0v) is 12.9. The van der Waals surface area contributed by atoms with Crippen molar-refractivity contribution in [2.45, 2.75) is 40.2 Å². The maximum atomic E-state index is 13.3. The van der Waals surface area contributed by atoms with Gasteiger partial charge in [0.2, 0.25) is 0 Å². The van der Waals surface area contributed by atoms with Crippen LogP contribution in [0.3, 0.4) is 0 Å². The highest BCUT2D eigenvalue weighted by Gasteiger charge is 2.66. The Labute approximate surface area is 117 Å². The van der Waals surface area contributed by atoms with Gasteiger partial charge in [0, 0.05) is 4.47 Å². The second-order valence-corrected chi connectivity index (χ2v) is 7.39. The molecule has 2 rings (SSSR count). The van der Waals surface area contributed by atoms with Gasteiger partial charge in [-0.25, -0.2) is 4.39 Å². The smallest absolute Gasteiger partial charge is 0.124 e. The Morgan fingerprint density at radius 1 is 1.22 bits per heavy atom. The molecule has 1 saturated carbocycles. The Morgan fingerprint density at radius 2 is 1.78 bits per heavy atom. The lowest BCUT2D eigenvalue weighted by Crippen LogP contribution is -2.17. The summed E-state index contributed by atoms with van der Waals surface area (Å²) in [6, 6.07) is 4.80. The van der Waals surface area contributed by atoms with Crippen LogP contribution in [0.4, 0.5) is 4.39 Å². The molecule has 1 nitrogen and oxygen atoms in total. The zero-order chi connectivity index (χ0) is 13.7. The zero-order valence-electron chi connectivity index (χ0n) is 11.3. The number of hydrogen-bond acceptors (Lipinski definition) is 1. The molecule has 3 heteroatoms. The molecule has 0 amide bonds. The maximum Gasteiger partial charge on any atom is 0.124 e. The number of halogens is 2. The Kier molecular flexibility index (Phi) is 3.35. The summed E-state index contributed by atoms with van der Waals surface area (Å²) in [6.45, 7) is 8.73. The molecule has 1 aromatic rings. The quantitative estimate of drug-likeness (QED) is 0.887. The molecule has 0 bridgehead atoms. The molecule has 0 heterocycles. The molecule has 0 aromatic heterocycles. The van der Waals surface area contributed by atoms with Gasteiger partial charge in [0.05, 0.1) is 6.10 Å². The average molecular weight is 315 g/mol. The van der Waals surface area contributed by atoms with Gasteiger partial charge in [-0.15, -0.1) is 0 Å². The Hall–Kier alpha value is -0.410. The maximum absolute atomic E-state index is 13.3. The molecular formula is C15H20BrFO. The van der Waals surface area contributed by atoms with Gasteiger partial charge in [-0.2, -0.15) is 0 Å². The SMILES string of the molecule is CC1(C)C(C(O)Cc2cc(F)cc(Br)c2)C1(C)C. The molecule has 1 unspecified atom stereocenters. The lowest BCUT2D eigenvalue weighted by molar-refractivity contribution is 0.129. The number of aliphatic hydroxyl groups excluding tert-OH is 1. The number of hydrogen-bond donors (Lipinski definition) is 1. The van der Waals surface area contributed by atoms with Gasteiger partial charge in [0.15, 0.2) is 0 Å². The van der Waals surface area contributed by atoms with Crippen LogP contribution in [-0.4, -0.2) is 11.2 Å². The predicted octanol–water partition coefficient (Wildman–Crippen LogP) is 4.17. The van der Waals surface area contributed by atoms with Crippen LogP contribution in [0.2, 0.25) is 0 Å². The standard InChI is InChI=1S/C15H20BrFO/c1-14(2)13(15(14,3)4)12(18)7-9-5-10(16)8-11(17)6-9/h5-6,8,12-13,18H,7H2,1-4H3. The fourth-order valence-corrected chi connectivity index (χ4v) is 3.81. The molecule has 0 spiro atoms. The van der Waals surface area contributed by atoms with Crippen LogP contribution in [0.25, 0.3) is 0 Å². The van der Waals surface area contributed by atoms with E-state index in [4.69, 9.17) is 0 Å². The van der Waals surface area contributed by atoms with Gasteiger partial charge in [-0.05, 0) is 46.9 Å². The van der Waals surface area contributed by atoms with Crippen LogP contribution in [0.5, 0.6) is 0 Å². The minimum absolute atomic E-state index is 0.150. The van der Waals surface area contributed by atoms with Gasteiger partial charge < -0.3 is 5.11 Å². The molecule has 1 atom stereocenters. The van der Waals surface area contributed by atoms with Crippen molar-refractivity contribution < 1.29 is 9.50 Å². The van der Waals surface area contributed by atoms with Crippen LogP contribution in [0.1, 0.15) is 33.3 Å². The summed E-state index contributed by atoms with van der Waals surface area (Å²) in [4.78, 5) is 0. The van der Waals surface area contributed by atoms with Crippen molar-refractivity contribution in [2.75, 3.05) is 0 Å². The molecule has 18 heavy (non-hydrogen) atoms. The fourth-order valence-electron chi connectivity index (χ4n) is 3.30. The van der Waals surface area contributed by atoms with E-state index in [1.807, 2.05) is 6.07 Å². The second-order valence-electron chi connectivity index (χ2n) is 6.47. The second kappa shape index (κ2) is 4.31. The minimum Gasteiger partial charge on any atom is -0.392 e. The van der Waals surface area contributed by atoms with Crippen LogP contribution >= 0.6 is 15.9 Å². The first-order chi connectivity index (χ1) is 8.16. The third kappa shape index (κ3) is 2.23. The van der Waals surface area contributed by atoms with E-state index in [9.17, 15) is 9.50 Å². The molecule has 0 radical (unpaired) electrons. The van der Waals surface area contributed by atoms with Crippen LogP contribution in [-0.2, 0) is 6.42 Å². The molecule has 1 aromatic carbocycles. The third-order valence-electron chi connectivity index (χ3n) is 4.88. The highest BCUT2D eigenvalue weighted by atomic mass is 79.9. The first kappa shape index (κ1) is 14.0. The van der Waals surface area contributed by atoms with E-state index in [1.54, 1.807) is 0 Å². The van der Waals surface area contributed by atoms with E-state index in [0.29, 0.717) is 6.42 Å². The van der Waals surface area contributed by atoms with Gasteiger partial charge in [0.25, 0.3) is 0 Å². The van der Waals surface area contributed by atoms with E-state index in [1.165, 1.54) is 12.1 Å². The Morgan fingerprint density at radius 3 is 2.22 bits per heavy atom. The fraction of sp³-hybridized carbons (Fsp3) is 0.600. The van der Waals surface area contributed by atoms with Crippen molar-refractivity contribution in [3.05, 3.63) is 34.1 Å². The van der Waals surface area contributed by atoms with Crippen molar-refractivity contribution in [2.24, 2.45) is 16.7 Å². The number of benzene rings is 1. The first-order valence-electron chi connectivity index (χ1n) is 6.29. The molecule has 1 aliphatic carbocycles. The minimum atomic E-state index is -0.413. The van der Waals surface area contributed by atoms with Crippen molar-refractivity contribution in [1.29, 1.82) is 0 Å². The summed E-state index contributed by atoms with van der Waals surface area (Å²) >= 11 is 3.28. The van der Waals surface area contributed by atoms with E-state index in [0.717, 1.165) is 10.0 Å². The van der Waals surface area contributed by atoms with Crippen molar-refractivity contribution in [3.63, 3.8) is 0 Å². The average Bonchev–Trinajstić information content (AvgIpc) is 2.54. The summed E-state index contributed by atoms with van der Waals surface area (Å²) in [5.41, 5.74) is 1.14. The summed E-state index contributed by atoms with van der Waals surface area (Å²) in [5.74, 6) is 0.00735. The van der Waals surface area contributed by atoms with Crippen LogP contribution in [0, 0.1) is 22.6 Å². The largest absolute Gasteiger partial charge is 0.392 e. The number of rotatable bonds is 3. The van der Waals surface area contributed by atoms with Gasteiger partial charge in [-0.1, -0.05) is 43.6 Å². The first-order valence-corrected chi connectivity index (χ1v) is 7.08. The van der Waals surface area contributed by atoms with Crippen molar-refractivity contribution >= 4 is 15.9 Å². The highest BCUT2D eigenvalue weighted by Crippen LogP contribution is 2.69. The summed E-state index contributed by atoms with van der Waals surface area (Å²) in [5, 5.41) is 10.4. The van der Waals surface area contributed by atoms with E-state index < -0.39 is 6.10 Å². The molecule has 0 aliphatic heterocycles. The van der Waals surface area contributed by atoms with Gasteiger partial charge in [-0.3, -0.25) is 0 Å². The molecule has 100 valence electrons. The van der Waals surface area contributed by atoms with Gasteiger partial charge in [0.1, 0.15) is 5.82 Å². The summed E-state index contributed by atoms with van der Waals surface area (Å²) < 4.78 is 14.0. The van der Waals surface area contributed by atoms with Crippen LogP contribution < -0.4 is 0 Å². The monoisotopic (exact) mass is 314 g/mol. The third-order valence-corrected chi connectivity index (χ3v) is 5.34. The molecule has 1 aliphatic rings. The Balaban J connectivity index is 2.11. The highest BCUT2D eigenvalue weighted by molar-refractivity contribution is 9.10. The van der Waals surface area contributed by atoms with Crippen LogP contribution in [0.15, 0.2) is 22.7 Å². The molecular weight excluding hydrogens is 295 g/mol. The topological polar surface area (TPSA) is 20.2 Å². The lowest BCUT2D eigenvalue weighted by Gasteiger charge is -2.13.